The Balaban J connectivity index is 1.20. The Bertz CT molecular complexity index is 1210. The molecule has 5 heterocycles. The third-order valence-electron chi connectivity index (χ3n) is 7.14. The van der Waals surface area contributed by atoms with Gasteiger partial charge in [0.25, 0.3) is 0 Å². The van der Waals surface area contributed by atoms with E-state index in [0.717, 1.165) is 67.3 Å². The van der Waals surface area contributed by atoms with Crippen LogP contribution in [0.3, 0.4) is 0 Å². The summed E-state index contributed by atoms with van der Waals surface area (Å²) >= 11 is 0. The summed E-state index contributed by atoms with van der Waals surface area (Å²) in [6.07, 6.45) is 8.57. The fourth-order valence-corrected chi connectivity index (χ4v) is 5.50. The zero-order valence-corrected chi connectivity index (χ0v) is 21.0. The zero-order chi connectivity index (χ0) is 24.0. The molecule has 7 heteroatoms. The summed E-state index contributed by atoms with van der Waals surface area (Å²) in [6.45, 7) is 10.0. The summed E-state index contributed by atoms with van der Waals surface area (Å²) in [7, 11) is 0. The molecule has 6 rings (SSSR count). The standard InChI is InChI=1S/C28H35N5O2/c1-28(2,3)31-22-11-12-32(17-22)25-10-9-24-23-8-7-19(14-20(23)18-35-27(24)30-25)21-15-29-33(16-21)26-6-4-5-13-34-26/h7-10,14-16,22,26,31H,4-6,11-13,17-18H2,1-3H3. The van der Waals surface area contributed by atoms with Crippen LogP contribution in [0, 0.1) is 0 Å². The molecule has 2 fully saturated rings. The van der Waals surface area contributed by atoms with Gasteiger partial charge in [0, 0.05) is 48.6 Å². The molecule has 0 aliphatic carbocycles. The Hall–Kier alpha value is -2.90. The quantitative estimate of drug-likeness (QED) is 0.564. The van der Waals surface area contributed by atoms with E-state index in [4.69, 9.17) is 14.5 Å². The molecule has 0 amide bonds. The molecule has 0 spiro atoms. The molecule has 3 aliphatic rings. The number of pyridine rings is 1. The van der Waals surface area contributed by atoms with Crippen molar-refractivity contribution >= 4 is 5.82 Å². The maximum atomic E-state index is 6.15. The number of fused-ring (bicyclic) bond motifs is 3. The van der Waals surface area contributed by atoms with Gasteiger partial charge in [-0.3, -0.25) is 0 Å². The molecule has 2 saturated heterocycles. The monoisotopic (exact) mass is 473 g/mol. The molecule has 0 saturated carbocycles. The number of hydrogen-bond acceptors (Lipinski definition) is 6. The van der Waals surface area contributed by atoms with Crippen LogP contribution < -0.4 is 15.0 Å². The first kappa shape index (κ1) is 22.6. The molecule has 2 aromatic heterocycles. The highest BCUT2D eigenvalue weighted by molar-refractivity contribution is 5.78. The summed E-state index contributed by atoms with van der Waals surface area (Å²) in [4.78, 5) is 7.27. The van der Waals surface area contributed by atoms with Gasteiger partial charge in [-0.1, -0.05) is 12.1 Å². The van der Waals surface area contributed by atoms with Crippen LogP contribution in [-0.4, -0.2) is 46.0 Å². The highest BCUT2D eigenvalue weighted by Gasteiger charge is 2.28. The first-order chi connectivity index (χ1) is 16.9. The number of aromatic nitrogens is 3. The van der Waals surface area contributed by atoms with E-state index in [1.165, 1.54) is 17.5 Å². The SMILES string of the molecule is CC(C)(C)NC1CCN(c2ccc3c(n2)OCc2cc(-c4cnn(C5CCCCO5)c4)ccc2-3)C1. The third-order valence-corrected chi connectivity index (χ3v) is 7.14. The highest BCUT2D eigenvalue weighted by Crippen LogP contribution is 2.39. The largest absolute Gasteiger partial charge is 0.472 e. The predicted octanol–water partition coefficient (Wildman–Crippen LogP) is 5.17. The van der Waals surface area contributed by atoms with Gasteiger partial charge in [-0.15, -0.1) is 0 Å². The molecule has 0 bridgehead atoms. The van der Waals surface area contributed by atoms with Gasteiger partial charge in [-0.25, -0.2) is 4.68 Å². The fraction of sp³-hybridized carbons (Fsp3) is 0.500. The van der Waals surface area contributed by atoms with Crippen LogP contribution in [-0.2, 0) is 11.3 Å². The summed E-state index contributed by atoms with van der Waals surface area (Å²) in [5, 5.41) is 8.30. The highest BCUT2D eigenvalue weighted by atomic mass is 16.5. The number of nitrogens with one attached hydrogen (secondary N) is 1. The molecule has 3 aromatic rings. The average Bonchev–Trinajstić information content (AvgIpc) is 3.53. The number of anilines is 1. The minimum absolute atomic E-state index is 0.0562. The van der Waals surface area contributed by atoms with Gasteiger partial charge >= 0.3 is 0 Å². The van der Waals surface area contributed by atoms with E-state index in [0.29, 0.717) is 12.6 Å². The smallest absolute Gasteiger partial charge is 0.223 e. The molecular weight excluding hydrogens is 438 g/mol. The van der Waals surface area contributed by atoms with Crippen LogP contribution in [0.2, 0.25) is 0 Å². The lowest BCUT2D eigenvalue weighted by atomic mass is 9.95. The molecule has 1 aromatic carbocycles. The number of benzene rings is 1. The van der Waals surface area contributed by atoms with Crippen LogP contribution >= 0.6 is 0 Å². The lowest BCUT2D eigenvalue weighted by molar-refractivity contribution is -0.0394. The van der Waals surface area contributed by atoms with E-state index >= 15 is 0 Å². The Morgan fingerprint density at radius 1 is 1.03 bits per heavy atom. The van der Waals surface area contributed by atoms with Crippen molar-refractivity contribution in [1.29, 1.82) is 0 Å². The van der Waals surface area contributed by atoms with Gasteiger partial charge in [0.05, 0.1) is 6.20 Å². The van der Waals surface area contributed by atoms with E-state index in [-0.39, 0.29) is 11.8 Å². The molecule has 35 heavy (non-hydrogen) atoms. The van der Waals surface area contributed by atoms with Crippen LogP contribution in [0.25, 0.3) is 22.3 Å². The van der Waals surface area contributed by atoms with Crippen LogP contribution in [0.5, 0.6) is 5.88 Å². The zero-order valence-electron chi connectivity index (χ0n) is 21.0. The van der Waals surface area contributed by atoms with Gasteiger partial charge in [0.2, 0.25) is 5.88 Å². The van der Waals surface area contributed by atoms with Crippen molar-refractivity contribution in [3.8, 4) is 28.1 Å². The van der Waals surface area contributed by atoms with Crippen molar-refractivity contribution in [3.05, 3.63) is 48.3 Å². The molecule has 2 unspecified atom stereocenters. The first-order valence-corrected chi connectivity index (χ1v) is 12.9. The molecule has 3 aliphatic heterocycles. The van der Waals surface area contributed by atoms with Gasteiger partial charge in [0.15, 0.2) is 0 Å². The summed E-state index contributed by atoms with van der Waals surface area (Å²) < 4.78 is 14.0. The normalized spacial score (nSPS) is 22.0. The fourth-order valence-electron chi connectivity index (χ4n) is 5.50. The number of nitrogens with zero attached hydrogens (tertiary/aromatic N) is 4. The van der Waals surface area contributed by atoms with Gasteiger partial charge in [-0.05, 0) is 81.3 Å². The molecule has 1 N–H and O–H groups in total. The second-order valence-electron chi connectivity index (χ2n) is 11.0. The summed E-state index contributed by atoms with van der Waals surface area (Å²) in [6, 6.07) is 11.4. The van der Waals surface area contributed by atoms with E-state index in [1.54, 1.807) is 0 Å². The van der Waals surface area contributed by atoms with Gasteiger partial charge in [-0.2, -0.15) is 10.1 Å². The molecular formula is C28H35N5O2. The van der Waals surface area contributed by atoms with Crippen LogP contribution in [0.15, 0.2) is 42.7 Å². The second-order valence-corrected chi connectivity index (χ2v) is 11.0. The molecule has 7 nitrogen and oxygen atoms in total. The van der Waals surface area contributed by atoms with Crippen molar-refractivity contribution in [1.82, 2.24) is 20.1 Å². The number of hydrogen-bond donors (Lipinski definition) is 1. The Morgan fingerprint density at radius 2 is 1.91 bits per heavy atom. The van der Waals surface area contributed by atoms with Gasteiger partial charge in [0.1, 0.15) is 18.7 Å². The van der Waals surface area contributed by atoms with Crippen molar-refractivity contribution in [2.45, 2.75) is 70.9 Å². The minimum atomic E-state index is 0.0562. The third kappa shape index (κ3) is 4.67. The maximum absolute atomic E-state index is 6.15. The van der Waals surface area contributed by atoms with Crippen LogP contribution in [0.4, 0.5) is 5.82 Å². The minimum Gasteiger partial charge on any atom is -0.472 e. The van der Waals surface area contributed by atoms with E-state index < -0.39 is 0 Å². The van der Waals surface area contributed by atoms with Crippen molar-refractivity contribution in [3.63, 3.8) is 0 Å². The second kappa shape index (κ2) is 8.95. The van der Waals surface area contributed by atoms with Crippen LogP contribution in [0.1, 0.15) is 58.2 Å². The summed E-state index contributed by atoms with van der Waals surface area (Å²) in [5.74, 6) is 1.73. The molecule has 2 atom stereocenters. The lowest BCUT2D eigenvalue weighted by Crippen LogP contribution is -2.44. The molecule has 0 radical (unpaired) electrons. The van der Waals surface area contributed by atoms with E-state index in [9.17, 15) is 0 Å². The average molecular weight is 474 g/mol. The topological polar surface area (TPSA) is 64.4 Å². The van der Waals surface area contributed by atoms with Crippen molar-refractivity contribution < 1.29 is 9.47 Å². The Morgan fingerprint density at radius 3 is 2.74 bits per heavy atom. The Labute approximate surface area is 207 Å². The molecule has 184 valence electrons. The lowest BCUT2D eigenvalue weighted by Gasteiger charge is -2.26. The number of rotatable bonds is 4. The number of ether oxygens (including phenoxy) is 2. The van der Waals surface area contributed by atoms with E-state index in [2.05, 4.69) is 72.6 Å². The Kier molecular flexibility index (Phi) is 5.77. The maximum Gasteiger partial charge on any atom is 0.223 e. The van der Waals surface area contributed by atoms with Crippen molar-refractivity contribution in [2.24, 2.45) is 0 Å². The summed E-state index contributed by atoms with van der Waals surface area (Å²) in [5.41, 5.74) is 5.83. The van der Waals surface area contributed by atoms with E-state index in [1.807, 2.05) is 10.9 Å². The van der Waals surface area contributed by atoms with Crippen molar-refractivity contribution in [2.75, 3.05) is 24.6 Å². The van der Waals surface area contributed by atoms with Gasteiger partial charge < -0.3 is 19.7 Å². The first-order valence-electron chi connectivity index (χ1n) is 12.9. The predicted molar refractivity (Wildman–Crippen MR) is 138 cm³/mol.